The highest BCUT2D eigenvalue weighted by atomic mass is 16.6. The van der Waals surface area contributed by atoms with Gasteiger partial charge in [-0.25, -0.2) is 4.79 Å². The van der Waals surface area contributed by atoms with Gasteiger partial charge in [0.1, 0.15) is 35.0 Å². The number of hydrogen-bond acceptors (Lipinski definition) is 8. The third kappa shape index (κ3) is 5.98. The van der Waals surface area contributed by atoms with Crippen LogP contribution in [0.3, 0.4) is 0 Å². The first-order valence-electron chi connectivity index (χ1n) is 15.0. The van der Waals surface area contributed by atoms with Gasteiger partial charge < -0.3 is 24.3 Å². The number of benzene rings is 3. The molecular formula is C35H38N4O5. The Kier molecular flexibility index (Phi) is 8.77. The Morgan fingerprint density at radius 3 is 2.14 bits per heavy atom. The molecule has 0 radical (unpaired) electrons. The van der Waals surface area contributed by atoms with E-state index in [9.17, 15) is 4.79 Å². The molecule has 1 aromatic heterocycles. The van der Waals surface area contributed by atoms with Gasteiger partial charge in [-0.05, 0) is 67.1 Å². The fourth-order valence-electron chi connectivity index (χ4n) is 5.98. The lowest BCUT2D eigenvalue weighted by Gasteiger charge is -2.37. The average Bonchev–Trinajstić information content (AvgIpc) is 3.77. The van der Waals surface area contributed by atoms with E-state index < -0.39 is 11.8 Å². The van der Waals surface area contributed by atoms with E-state index in [1.807, 2.05) is 79.9 Å². The number of methoxy groups -OCH3 is 2. The Morgan fingerprint density at radius 2 is 1.55 bits per heavy atom. The van der Waals surface area contributed by atoms with E-state index in [1.165, 1.54) is 0 Å². The predicted molar refractivity (Wildman–Crippen MR) is 170 cm³/mol. The third-order valence-corrected chi connectivity index (χ3v) is 8.33. The molecule has 1 N–H and O–H groups in total. The molecule has 6 rings (SSSR count). The van der Waals surface area contributed by atoms with Crippen LogP contribution >= 0.6 is 0 Å². The molecule has 3 heterocycles. The van der Waals surface area contributed by atoms with Crippen molar-refractivity contribution >= 4 is 11.7 Å². The second-order valence-electron chi connectivity index (χ2n) is 11.1. The van der Waals surface area contributed by atoms with E-state index in [1.54, 1.807) is 18.8 Å². The molecule has 1 saturated heterocycles. The van der Waals surface area contributed by atoms with E-state index in [4.69, 9.17) is 18.9 Å². The summed E-state index contributed by atoms with van der Waals surface area (Å²) >= 11 is 0. The van der Waals surface area contributed by atoms with Gasteiger partial charge in [-0.1, -0.05) is 54.6 Å². The van der Waals surface area contributed by atoms with E-state index in [0.717, 1.165) is 65.4 Å². The molecule has 0 amide bonds. The van der Waals surface area contributed by atoms with Crippen LogP contribution in [0, 0.1) is 6.92 Å². The van der Waals surface area contributed by atoms with Gasteiger partial charge in [-0.2, -0.15) is 4.98 Å². The Morgan fingerprint density at radius 1 is 0.909 bits per heavy atom. The summed E-state index contributed by atoms with van der Waals surface area (Å²) in [7, 11) is 3.31. The number of aliphatic imine (C=N–C) groups is 1. The van der Waals surface area contributed by atoms with Crippen molar-refractivity contribution in [2.45, 2.75) is 50.5 Å². The van der Waals surface area contributed by atoms with E-state index in [0.29, 0.717) is 18.8 Å². The van der Waals surface area contributed by atoms with Crippen molar-refractivity contribution < 1.29 is 18.9 Å². The summed E-state index contributed by atoms with van der Waals surface area (Å²) in [4.78, 5) is 21.8. The van der Waals surface area contributed by atoms with Crippen molar-refractivity contribution in [3.05, 3.63) is 118 Å². The standard InChI is InChI=1S/C35H38N4O5/c1-24-22-39(34(40)38-33(24)37-31-10-7-21-36-31)32-20-19-30(44-32)23-43-35(25-8-5-4-6-9-25,26-11-15-28(41-2)16-12-26)27-13-17-29(42-3)18-14-27/h4-6,8-9,11-18,22,30,32H,7,10,19-21,23H2,1-3H3,(H,36,37,38,40). The molecule has 2 atom stereocenters. The smallest absolute Gasteiger partial charge is 0.351 e. The minimum Gasteiger partial charge on any atom is -0.497 e. The lowest BCUT2D eigenvalue weighted by atomic mass is 9.80. The minimum atomic E-state index is -0.938. The van der Waals surface area contributed by atoms with Crippen molar-refractivity contribution in [3.8, 4) is 11.5 Å². The van der Waals surface area contributed by atoms with Crippen molar-refractivity contribution in [1.82, 2.24) is 9.55 Å². The molecule has 9 heteroatoms. The number of aryl methyl sites for hydroxylation is 1. The molecular weight excluding hydrogens is 556 g/mol. The van der Waals surface area contributed by atoms with E-state index in [-0.39, 0.29) is 11.8 Å². The number of ether oxygens (including phenoxy) is 4. The molecule has 44 heavy (non-hydrogen) atoms. The molecule has 0 bridgehead atoms. The molecule has 1 fully saturated rings. The van der Waals surface area contributed by atoms with Gasteiger partial charge in [0.2, 0.25) is 0 Å². The zero-order valence-electron chi connectivity index (χ0n) is 25.4. The topological polar surface area (TPSA) is 96.2 Å². The van der Waals surface area contributed by atoms with Gasteiger partial charge in [-0.15, -0.1) is 0 Å². The second-order valence-corrected chi connectivity index (χ2v) is 11.1. The highest BCUT2D eigenvalue weighted by Crippen LogP contribution is 2.42. The summed E-state index contributed by atoms with van der Waals surface area (Å²) in [6.45, 7) is 3.05. The Hall–Kier alpha value is -4.47. The lowest BCUT2D eigenvalue weighted by molar-refractivity contribution is -0.0773. The van der Waals surface area contributed by atoms with Gasteiger partial charge in [0, 0.05) is 24.7 Å². The van der Waals surface area contributed by atoms with Crippen LogP contribution in [-0.2, 0) is 15.1 Å². The van der Waals surface area contributed by atoms with Crippen molar-refractivity contribution in [2.75, 3.05) is 32.7 Å². The zero-order chi connectivity index (χ0) is 30.5. The molecule has 2 aliphatic heterocycles. The first-order chi connectivity index (χ1) is 21.5. The molecule has 0 saturated carbocycles. The molecule has 2 unspecified atom stereocenters. The zero-order valence-corrected chi connectivity index (χ0v) is 25.4. The fraction of sp³-hybridized carbons (Fsp3) is 0.343. The number of amidine groups is 1. The van der Waals surface area contributed by atoms with Crippen LogP contribution in [0.1, 0.15) is 54.2 Å². The van der Waals surface area contributed by atoms with Gasteiger partial charge in [0.25, 0.3) is 0 Å². The molecule has 4 aromatic rings. The number of anilines is 1. The number of aromatic nitrogens is 2. The Labute approximate surface area is 257 Å². The highest BCUT2D eigenvalue weighted by molar-refractivity contribution is 5.96. The average molecular weight is 595 g/mol. The molecule has 2 aliphatic rings. The van der Waals surface area contributed by atoms with Crippen LogP contribution in [0.4, 0.5) is 5.82 Å². The molecule has 9 nitrogen and oxygen atoms in total. The molecule has 3 aromatic carbocycles. The number of nitrogens with one attached hydrogen (secondary N) is 1. The van der Waals surface area contributed by atoms with Crippen LogP contribution in [-0.4, -0.2) is 48.9 Å². The number of rotatable bonds is 10. The Bertz CT molecular complexity index is 1600. The van der Waals surface area contributed by atoms with Crippen molar-refractivity contribution in [2.24, 2.45) is 4.99 Å². The van der Waals surface area contributed by atoms with Gasteiger partial charge >= 0.3 is 5.69 Å². The summed E-state index contributed by atoms with van der Waals surface area (Å²) in [6.07, 6.45) is 4.48. The third-order valence-electron chi connectivity index (χ3n) is 8.33. The first kappa shape index (κ1) is 29.6. The maximum Gasteiger partial charge on any atom is 0.351 e. The van der Waals surface area contributed by atoms with E-state index >= 15 is 0 Å². The normalized spacial score (nSPS) is 18.2. The maximum atomic E-state index is 13.1. The summed E-state index contributed by atoms with van der Waals surface area (Å²) in [5.74, 6) is 2.96. The molecule has 0 aliphatic carbocycles. The highest BCUT2D eigenvalue weighted by Gasteiger charge is 2.40. The van der Waals surface area contributed by atoms with Crippen molar-refractivity contribution in [3.63, 3.8) is 0 Å². The van der Waals surface area contributed by atoms with Crippen LogP contribution in [0.5, 0.6) is 11.5 Å². The number of nitrogens with zero attached hydrogens (tertiary/aromatic N) is 3. The van der Waals surface area contributed by atoms with Gasteiger partial charge in [0.05, 0.1) is 26.9 Å². The van der Waals surface area contributed by atoms with Gasteiger partial charge in [-0.3, -0.25) is 9.56 Å². The first-order valence-corrected chi connectivity index (χ1v) is 15.0. The summed E-state index contributed by atoms with van der Waals surface area (Å²) in [5, 5.41) is 3.22. The Balaban J connectivity index is 1.28. The summed E-state index contributed by atoms with van der Waals surface area (Å²) < 4.78 is 26.0. The largest absolute Gasteiger partial charge is 0.497 e. The van der Waals surface area contributed by atoms with Crippen LogP contribution in [0.2, 0.25) is 0 Å². The van der Waals surface area contributed by atoms with Crippen LogP contribution < -0.4 is 20.5 Å². The van der Waals surface area contributed by atoms with E-state index in [2.05, 4.69) is 27.4 Å². The monoisotopic (exact) mass is 594 g/mol. The quantitative estimate of drug-likeness (QED) is 0.230. The summed E-state index contributed by atoms with van der Waals surface area (Å²) in [5.41, 5.74) is 2.47. The van der Waals surface area contributed by atoms with Crippen LogP contribution in [0.25, 0.3) is 0 Å². The predicted octanol–water partition coefficient (Wildman–Crippen LogP) is 5.86. The summed E-state index contributed by atoms with van der Waals surface area (Å²) in [6, 6.07) is 26.1. The molecule has 0 spiro atoms. The maximum absolute atomic E-state index is 13.1. The fourth-order valence-corrected chi connectivity index (χ4v) is 5.98. The number of hydrogen-bond donors (Lipinski definition) is 1. The van der Waals surface area contributed by atoms with Gasteiger partial charge in [0.15, 0.2) is 0 Å². The second kappa shape index (κ2) is 13.0. The SMILES string of the molecule is COc1ccc(C(OCC2CCC(n3cc(C)c(NC4=NCCC4)nc3=O)O2)(c2ccccc2)c2ccc(OC)cc2)cc1. The lowest BCUT2D eigenvalue weighted by Crippen LogP contribution is -2.36. The molecule has 228 valence electrons. The van der Waals surface area contributed by atoms with Crippen molar-refractivity contribution in [1.29, 1.82) is 0 Å². The van der Waals surface area contributed by atoms with Crippen LogP contribution in [0.15, 0.2) is 94.8 Å². The minimum absolute atomic E-state index is 0.225.